The molecule has 136 valence electrons. The summed E-state index contributed by atoms with van der Waals surface area (Å²) in [5, 5.41) is 2.86. The van der Waals surface area contributed by atoms with Gasteiger partial charge in [0.15, 0.2) is 0 Å². The fraction of sp³-hybridized carbons (Fsp3) is 0.381. The van der Waals surface area contributed by atoms with Crippen LogP contribution in [0.2, 0.25) is 0 Å². The van der Waals surface area contributed by atoms with E-state index in [2.05, 4.69) is 36.5 Å². The minimum absolute atomic E-state index is 0.113. The molecule has 1 saturated heterocycles. The van der Waals surface area contributed by atoms with Crippen molar-refractivity contribution in [2.24, 2.45) is 5.92 Å². The van der Waals surface area contributed by atoms with E-state index in [4.69, 9.17) is 0 Å². The number of hydrogen-bond acceptors (Lipinski definition) is 2. The molecule has 1 heterocycles. The van der Waals surface area contributed by atoms with Crippen LogP contribution in [0, 0.1) is 18.7 Å². The summed E-state index contributed by atoms with van der Waals surface area (Å²) in [5.41, 5.74) is 3.90. The van der Waals surface area contributed by atoms with Crippen molar-refractivity contribution in [1.29, 1.82) is 0 Å². The van der Waals surface area contributed by atoms with E-state index in [0.717, 1.165) is 25.2 Å². The van der Waals surface area contributed by atoms with E-state index in [1.165, 1.54) is 23.3 Å². The van der Waals surface area contributed by atoms with Crippen molar-refractivity contribution < 1.29 is 9.18 Å². The van der Waals surface area contributed by atoms with Gasteiger partial charge in [-0.05, 0) is 43.0 Å². The molecule has 26 heavy (non-hydrogen) atoms. The zero-order valence-corrected chi connectivity index (χ0v) is 15.4. The molecule has 4 nitrogen and oxygen atoms in total. The highest BCUT2D eigenvalue weighted by atomic mass is 19.1. The van der Waals surface area contributed by atoms with Gasteiger partial charge in [-0.2, -0.15) is 0 Å². The molecule has 5 heteroatoms. The molecular weight excluding hydrogens is 329 g/mol. The summed E-state index contributed by atoms with van der Waals surface area (Å²) in [4.78, 5) is 16.4. The fourth-order valence-corrected chi connectivity index (χ4v) is 4.08. The Balaban J connectivity index is 1.47. The minimum Gasteiger partial charge on any atom is -0.378 e. The number of carbonyl (C=O) groups is 1. The number of nitrogens with one attached hydrogen (secondary N) is 1. The van der Waals surface area contributed by atoms with E-state index < -0.39 is 0 Å². The molecule has 2 fully saturated rings. The maximum Gasteiger partial charge on any atom is 0.321 e. The Labute approximate surface area is 153 Å². The number of anilines is 2. The number of benzene rings is 2. The molecule has 4 rings (SSSR count). The van der Waals surface area contributed by atoms with Crippen LogP contribution in [0.15, 0.2) is 42.5 Å². The fourth-order valence-electron chi connectivity index (χ4n) is 4.08. The van der Waals surface area contributed by atoms with Gasteiger partial charge in [-0.1, -0.05) is 29.8 Å². The maximum atomic E-state index is 13.8. The van der Waals surface area contributed by atoms with E-state index in [9.17, 15) is 9.18 Å². The highest BCUT2D eigenvalue weighted by Crippen LogP contribution is 2.59. The predicted octanol–water partition coefficient (Wildman–Crippen LogP) is 4.01. The molecule has 0 spiro atoms. The zero-order valence-electron chi connectivity index (χ0n) is 15.4. The van der Waals surface area contributed by atoms with Crippen molar-refractivity contribution in [3.63, 3.8) is 0 Å². The Morgan fingerprint density at radius 1 is 1.23 bits per heavy atom. The summed E-state index contributed by atoms with van der Waals surface area (Å²) in [5.74, 6) is 0.174. The smallest absolute Gasteiger partial charge is 0.321 e. The van der Waals surface area contributed by atoms with Crippen molar-refractivity contribution in [1.82, 2.24) is 4.90 Å². The van der Waals surface area contributed by atoms with Gasteiger partial charge in [0.1, 0.15) is 5.82 Å². The molecule has 2 aromatic rings. The zero-order chi connectivity index (χ0) is 18.5. The molecule has 2 amide bonds. The van der Waals surface area contributed by atoms with Gasteiger partial charge >= 0.3 is 6.03 Å². The average Bonchev–Trinajstić information content (AvgIpc) is 3.16. The number of nitrogens with zero attached hydrogens (tertiary/aromatic N) is 2. The van der Waals surface area contributed by atoms with Crippen LogP contribution in [0.5, 0.6) is 0 Å². The summed E-state index contributed by atoms with van der Waals surface area (Å²) >= 11 is 0. The molecule has 1 aliphatic carbocycles. The number of piperidine rings is 1. The molecule has 2 atom stereocenters. The lowest BCUT2D eigenvalue weighted by molar-refractivity contribution is 0.216. The lowest BCUT2D eigenvalue weighted by Gasteiger charge is -2.22. The average molecular weight is 353 g/mol. The van der Waals surface area contributed by atoms with Gasteiger partial charge in [0, 0.05) is 44.0 Å². The van der Waals surface area contributed by atoms with Crippen LogP contribution in [-0.4, -0.2) is 38.1 Å². The first kappa shape index (κ1) is 16.9. The number of fused-ring (bicyclic) bond motifs is 1. The van der Waals surface area contributed by atoms with Crippen molar-refractivity contribution in [2.75, 3.05) is 37.4 Å². The quantitative estimate of drug-likeness (QED) is 0.905. The topological polar surface area (TPSA) is 35.6 Å². The van der Waals surface area contributed by atoms with Gasteiger partial charge in [-0.25, -0.2) is 9.18 Å². The Morgan fingerprint density at radius 3 is 2.65 bits per heavy atom. The standard InChI is InChI=1S/C21H24FN3O/c1-14-4-6-15(7-5-14)21-11-16(21)12-25(13-21)20(26)23-18-8-17(22)9-19(10-18)24(2)3/h4-10,16H,11-13H2,1-3H3,(H,23,26). The molecule has 2 aromatic carbocycles. The highest BCUT2D eigenvalue weighted by Gasteiger charge is 2.61. The van der Waals surface area contributed by atoms with Crippen LogP contribution < -0.4 is 10.2 Å². The maximum absolute atomic E-state index is 13.8. The van der Waals surface area contributed by atoms with Gasteiger partial charge in [0.05, 0.1) is 0 Å². The predicted molar refractivity (Wildman–Crippen MR) is 102 cm³/mol. The van der Waals surface area contributed by atoms with E-state index in [1.54, 1.807) is 6.07 Å². The summed E-state index contributed by atoms with van der Waals surface area (Å²) < 4.78 is 13.8. The van der Waals surface area contributed by atoms with E-state index in [-0.39, 0.29) is 17.3 Å². The van der Waals surface area contributed by atoms with Crippen LogP contribution in [0.25, 0.3) is 0 Å². The number of rotatable bonds is 3. The third-order valence-electron chi connectivity index (χ3n) is 5.71. The SMILES string of the molecule is Cc1ccc(C23CC2CN(C(=O)Nc2cc(F)cc(N(C)C)c2)C3)cc1. The lowest BCUT2D eigenvalue weighted by atomic mass is 9.94. The van der Waals surface area contributed by atoms with Gasteiger partial charge in [0.25, 0.3) is 0 Å². The number of aryl methyl sites for hydroxylation is 1. The summed E-state index contributed by atoms with van der Waals surface area (Å²) in [6.45, 7) is 3.57. The van der Waals surface area contributed by atoms with Crippen molar-refractivity contribution in [2.45, 2.75) is 18.8 Å². The molecule has 2 unspecified atom stereocenters. The molecular formula is C21H24FN3O. The van der Waals surface area contributed by atoms with Crippen LogP contribution in [0.4, 0.5) is 20.6 Å². The largest absolute Gasteiger partial charge is 0.378 e. The molecule has 0 bridgehead atoms. The second-order valence-corrected chi connectivity index (χ2v) is 7.83. The Bertz CT molecular complexity index is 849. The first-order chi connectivity index (χ1) is 12.4. The van der Waals surface area contributed by atoms with Crippen LogP contribution in [-0.2, 0) is 5.41 Å². The van der Waals surface area contributed by atoms with Crippen molar-refractivity contribution >= 4 is 17.4 Å². The number of hydrogen-bond donors (Lipinski definition) is 1. The molecule has 0 radical (unpaired) electrons. The highest BCUT2D eigenvalue weighted by molar-refractivity contribution is 5.90. The van der Waals surface area contributed by atoms with Crippen LogP contribution in [0.3, 0.4) is 0 Å². The number of halogens is 1. The van der Waals surface area contributed by atoms with Crippen LogP contribution in [0.1, 0.15) is 17.5 Å². The first-order valence-electron chi connectivity index (χ1n) is 8.98. The van der Waals surface area contributed by atoms with Gasteiger partial charge in [0.2, 0.25) is 0 Å². The van der Waals surface area contributed by atoms with E-state index in [1.807, 2.05) is 23.9 Å². The molecule has 2 aliphatic rings. The normalized spacial score (nSPS) is 23.5. The van der Waals surface area contributed by atoms with Gasteiger partial charge in [-0.15, -0.1) is 0 Å². The minimum atomic E-state index is -0.355. The van der Waals surface area contributed by atoms with Crippen molar-refractivity contribution in [3.8, 4) is 0 Å². The molecule has 1 aliphatic heterocycles. The monoisotopic (exact) mass is 353 g/mol. The second kappa shape index (κ2) is 6.01. The lowest BCUT2D eigenvalue weighted by Crippen LogP contribution is -2.36. The second-order valence-electron chi connectivity index (χ2n) is 7.83. The van der Waals surface area contributed by atoms with Crippen molar-refractivity contribution in [3.05, 3.63) is 59.4 Å². The number of amides is 2. The molecule has 0 aromatic heterocycles. The first-order valence-corrected chi connectivity index (χ1v) is 8.98. The van der Waals surface area contributed by atoms with E-state index >= 15 is 0 Å². The number of likely N-dealkylation sites (tertiary alicyclic amines) is 1. The van der Waals surface area contributed by atoms with Crippen LogP contribution >= 0.6 is 0 Å². The Hall–Kier alpha value is -2.56. The Morgan fingerprint density at radius 2 is 1.96 bits per heavy atom. The molecule has 1 N–H and O–H groups in total. The van der Waals surface area contributed by atoms with Gasteiger partial charge in [-0.3, -0.25) is 0 Å². The molecule has 1 saturated carbocycles. The van der Waals surface area contributed by atoms with E-state index in [0.29, 0.717) is 11.6 Å². The summed E-state index contributed by atoms with van der Waals surface area (Å²) in [7, 11) is 3.69. The summed E-state index contributed by atoms with van der Waals surface area (Å²) in [6.07, 6.45) is 1.14. The summed E-state index contributed by atoms with van der Waals surface area (Å²) in [6, 6.07) is 13.1. The number of urea groups is 1. The number of carbonyl (C=O) groups excluding carboxylic acids is 1. The third-order valence-corrected chi connectivity index (χ3v) is 5.71. The Kier molecular flexibility index (Phi) is 3.90. The third kappa shape index (κ3) is 2.91. The van der Waals surface area contributed by atoms with Gasteiger partial charge < -0.3 is 15.1 Å².